The number of esters is 2. The van der Waals surface area contributed by atoms with E-state index in [1.165, 1.54) is 0 Å². The van der Waals surface area contributed by atoms with Crippen LogP contribution in [-0.4, -0.2) is 35.4 Å². The third kappa shape index (κ3) is 5.02. The largest absolute Gasteiger partial charge is 0.462 e. The number of fused-ring (bicyclic) bond motifs is 1. The van der Waals surface area contributed by atoms with Crippen molar-refractivity contribution in [1.82, 2.24) is 0 Å². The molecular formula is C23H26O5. The molecule has 1 aromatic carbocycles. The van der Waals surface area contributed by atoms with Crippen LogP contribution in [0.15, 0.2) is 42.5 Å². The van der Waals surface area contributed by atoms with E-state index in [9.17, 15) is 14.7 Å². The lowest BCUT2D eigenvalue weighted by Crippen LogP contribution is -2.25. The van der Waals surface area contributed by atoms with E-state index < -0.39 is 18.2 Å². The quantitative estimate of drug-likeness (QED) is 0.492. The molecule has 1 aliphatic heterocycles. The minimum atomic E-state index is -0.915. The monoisotopic (exact) mass is 382 g/mol. The molecule has 0 amide bonds. The second kappa shape index (κ2) is 8.20. The van der Waals surface area contributed by atoms with E-state index in [0.717, 1.165) is 0 Å². The number of carbonyl (C=O) groups is 2. The zero-order chi connectivity index (χ0) is 20.3. The van der Waals surface area contributed by atoms with Crippen molar-refractivity contribution in [3.63, 3.8) is 0 Å². The molecule has 1 N–H and O–H groups in total. The van der Waals surface area contributed by atoms with Crippen LogP contribution < -0.4 is 0 Å². The first-order valence-electron chi connectivity index (χ1n) is 9.57. The highest BCUT2D eigenvalue weighted by Gasteiger charge is 2.50. The topological polar surface area (TPSA) is 72.8 Å². The molecule has 0 unspecified atom stereocenters. The molecule has 2 aliphatic rings. The van der Waals surface area contributed by atoms with Crippen molar-refractivity contribution in [1.29, 1.82) is 0 Å². The van der Waals surface area contributed by atoms with Gasteiger partial charge >= 0.3 is 11.9 Å². The maximum absolute atomic E-state index is 12.5. The third-order valence-electron chi connectivity index (χ3n) is 4.93. The first-order chi connectivity index (χ1) is 13.2. The second-order valence-corrected chi connectivity index (χ2v) is 8.37. The van der Waals surface area contributed by atoms with Crippen molar-refractivity contribution in [2.24, 2.45) is 17.3 Å². The smallest absolute Gasteiger partial charge is 0.338 e. The molecule has 0 bridgehead atoms. The highest BCUT2D eigenvalue weighted by atomic mass is 16.6. The van der Waals surface area contributed by atoms with Gasteiger partial charge in [0.2, 0.25) is 0 Å². The van der Waals surface area contributed by atoms with Crippen LogP contribution in [0.2, 0.25) is 0 Å². The zero-order valence-corrected chi connectivity index (χ0v) is 16.4. The number of benzene rings is 1. The van der Waals surface area contributed by atoms with Gasteiger partial charge in [0.15, 0.2) is 0 Å². The fourth-order valence-electron chi connectivity index (χ4n) is 3.64. The number of carbonyl (C=O) groups excluding carboxylic acids is 2. The molecule has 1 saturated carbocycles. The number of ether oxygens (including phenoxy) is 2. The molecule has 5 nitrogen and oxygen atoms in total. The molecule has 3 rings (SSSR count). The van der Waals surface area contributed by atoms with Gasteiger partial charge in [-0.1, -0.05) is 36.1 Å². The number of aliphatic hydroxyl groups excluding tert-OH is 1. The summed E-state index contributed by atoms with van der Waals surface area (Å²) in [6, 6.07) is 8.80. The lowest BCUT2D eigenvalue weighted by atomic mass is 9.91. The third-order valence-corrected chi connectivity index (χ3v) is 4.93. The molecule has 0 spiro atoms. The van der Waals surface area contributed by atoms with E-state index in [2.05, 4.69) is 11.8 Å². The molecule has 0 aromatic heterocycles. The van der Waals surface area contributed by atoms with Crippen LogP contribution in [0.5, 0.6) is 0 Å². The van der Waals surface area contributed by atoms with E-state index >= 15 is 0 Å². The summed E-state index contributed by atoms with van der Waals surface area (Å²) in [6.07, 6.45) is 2.61. The minimum absolute atomic E-state index is 0.0555. The van der Waals surface area contributed by atoms with Crippen LogP contribution in [-0.2, 0) is 14.3 Å². The van der Waals surface area contributed by atoms with Crippen LogP contribution in [0.25, 0.3) is 0 Å². The first-order valence-corrected chi connectivity index (χ1v) is 9.57. The van der Waals surface area contributed by atoms with Crippen molar-refractivity contribution >= 4 is 11.9 Å². The van der Waals surface area contributed by atoms with Gasteiger partial charge in [-0.15, -0.1) is 0 Å². The van der Waals surface area contributed by atoms with E-state index in [1.54, 1.807) is 30.3 Å². The Morgan fingerprint density at radius 1 is 1.32 bits per heavy atom. The molecular weight excluding hydrogens is 356 g/mol. The predicted molar refractivity (Wildman–Crippen MR) is 104 cm³/mol. The van der Waals surface area contributed by atoms with Crippen LogP contribution >= 0.6 is 0 Å². The van der Waals surface area contributed by atoms with Crippen molar-refractivity contribution in [2.45, 2.75) is 51.9 Å². The summed E-state index contributed by atoms with van der Waals surface area (Å²) in [4.78, 5) is 24.1. The summed E-state index contributed by atoms with van der Waals surface area (Å²) >= 11 is 0. The Hall–Kier alpha value is -2.58. The van der Waals surface area contributed by atoms with E-state index in [-0.39, 0.29) is 29.3 Å². The first kappa shape index (κ1) is 20.2. The predicted octanol–water partition coefficient (Wildman–Crippen LogP) is 3.13. The molecule has 1 aromatic rings. The average Bonchev–Trinajstić information content (AvgIpc) is 3.14. The molecule has 148 valence electrons. The number of rotatable bonds is 4. The number of hydrogen-bond donors (Lipinski definition) is 1. The summed E-state index contributed by atoms with van der Waals surface area (Å²) in [5, 5.41) is 10.1. The van der Waals surface area contributed by atoms with Crippen molar-refractivity contribution in [3.05, 3.63) is 48.0 Å². The molecule has 1 aliphatic carbocycles. The van der Waals surface area contributed by atoms with Crippen molar-refractivity contribution in [2.75, 3.05) is 0 Å². The van der Waals surface area contributed by atoms with Crippen molar-refractivity contribution < 1.29 is 24.2 Å². The van der Waals surface area contributed by atoms with Gasteiger partial charge in [0.25, 0.3) is 0 Å². The van der Waals surface area contributed by atoms with Crippen LogP contribution in [0.4, 0.5) is 0 Å². The number of hydrogen-bond acceptors (Lipinski definition) is 5. The fourth-order valence-corrected chi connectivity index (χ4v) is 3.64. The van der Waals surface area contributed by atoms with Gasteiger partial charge < -0.3 is 14.6 Å². The molecule has 5 heteroatoms. The van der Waals surface area contributed by atoms with Crippen LogP contribution in [0.1, 0.15) is 44.0 Å². The van der Waals surface area contributed by atoms with Gasteiger partial charge in [-0.05, 0) is 39.0 Å². The average molecular weight is 382 g/mol. The van der Waals surface area contributed by atoms with E-state index in [1.807, 2.05) is 32.9 Å². The summed E-state index contributed by atoms with van der Waals surface area (Å²) in [7, 11) is 0. The maximum atomic E-state index is 12.5. The van der Waals surface area contributed by atoms with Gasteiger partial charge in [0, 0.05) is 23.7 Å². The van der Waals surface area contributed by atoms with Gasteiger partial charge in [0.05, 0.1) is 12.0 Å². The Balaban J connectivity index is 1.73. The molecule has 1 heterocycles. The maximum Gasteiger partial charge on any atom is 0.338 e. The fraction of sp³-hybridized carbons (Fsp3) is 0.478. The summed E-state index contributed by atoms with van der Waals surface area (Å²) in [5.41, 5.74) is 0.280. The molecule has 5 atom stereocenters. The molecule has 2 fully saturated rings. The van der Waals surface area contributed by atoms with Gasteiger partial charge in [0.1, 0.15) is 18.3 Å². The Labute approximate surface area is 165 Å². The van der Waals surface area contributed by atoms with Gasteiger partial charge in [-0.3, -0.25) is 4.79 Å². The summed E-state index contributed by atoms with van der Waals surface area (Å²) in [5.74, 6) is 4.93. The number of aliphatic hydroxyl groups is 1. The standard InChI is InChI=1S/C23H26O5/c1-23(2,3)12-11-16(24)9-10-17-18-13-21(25)27-20(18)14-19(17)28-22(26)15-7-5-4-6-8-15/h4-10,16-20,24H,13-14H2,1-3H3/t16-,17-,18-,19-,20+/m1/s1. The van der Waals surface area contributed by atoms with E-state index in [4.69, 9.17) is 9.47 Å². The SMILES string of the molecule is CC(C)(C)C#C[C@H](O)C=C[C@@H]1[C@H]2CC(=O)O[C@H]2C[C@H]1OC(=O)c1ccccc1. The Morgan fingerprint density at radius 2 is 2.04 bits per heavy atom. The van der Waals surface area contributed by atoms with Gasteiger partial charge in [-0.2, -0.15) is 0 Å². The Bertz CT molecular complexity index is 809. The summed E-state index contributed by atoms with van der Waals surface area (Å²) in [6.45, 7) is 5.91. The summed E-state index contributed by atoms with van der Waals surface area (Å²) < 4.78 is 11.1. The van der Waals surface area contributed by atoms with E-state index in [0.29, 0.717) is 18.4 Å². The molecule has 0 radical (unpaired) electrons. The molecule has 1 saturated heterocycles. The Kier molecular flexibility index (Phi) is 5.90. The minimum Gasteiger partial charge on any atom is -0.462 e. The van der Waals surface area contributed by atoms with Crippen molar-refractivity contribution in [3.8, 4) is 11.8 Å². The van der Waals surface area contributed by atoms with Crippen LogP contribution in [0, 0.1) is 29.1 Å². The normalized spacial score (nSPS) is 27.6. The lowest BCUT2D eigenvalue weighted by molar-refractivity contribution is -0.141. The van der Waals surface area contributed by atoms with Crippen LogP contribution in [0.3, 0.4) is 0 Å². The Morgan fingerprint density at radius 3 is 2.71 bits per heavy atom. The second-order valence-electron chi connectivity index (χ2n) is 8.37. The highest BCUT2D eigenvalue weighted by molar-refractivity contribution is 5.89. The highest BCUT2D eigenvalue weighted by Crippen LogP contribution is 2.43. The molecule has 28 heavy (non-hydrogen) atoms. The van der Waals surface area contributed by atoms with Gasteiger partial charge in [-0.25, -0.2) is 4.79 Å². The lowest BCUT2D eigenvalue weighted by Gasteiger charge is -2.20. The zero-order valence-electron chi connectivity index (χ0n) is 16.4.